The van der Waals surface area contributed by atoms with Crippen LogP contribution in [0.15, 0.2) is 42.7 Å². The Kier molecular flexibility index (Phi) is 3.27. The van der Waals surface area contributed by atoms with Gasteiger partial charge in [-0.3, -0.25) is 9.78 Å². The molecule has 21 heavy (non-hydrogen) atoms. The number of pyridine rings is 1. The fourth-order valence-corrected chi connectivity index (χ4v) is 2.32. The number of carboxylic acids is 1. The summed E-state index contributed by atoms with van der Waals surface area (Å²) in [7, 11) is 0. The summed E-state index contributed by atoms with van der Waals surface area (Å²) in [4.78, 5) is 19.4. The Bertz CT molecular complexity index is 796. The van der Waals surface area contributed by atoms with Crippen LogP contribution in [0.5, 0.6) is 0 Å². The van der Waals surface area contributed by atoms with Crippen LogP contribution in [0, 0.1) is 0 Å². The molecule has 2 aromatic heterocycles. The van der Waals surface area contributed by atoms with Crippen molar-refractivity contribution in [2.24, 2.45) is 0 Å². The van der Waals surface area contributed by atoms with Gasteiger partial charge in [0.25, 0.3) is 0 Å². The third kappa shape index (κ3) is 2.43. The Hall–Kier alpha value is -2.89. The number of aryl methyl sites for hydroxylation is 1. The van der Waals surface area contributed by atoms with Gasteiger partial charge in [-0.05, 0) is 24.3 Å². The number of hydrogen-bond acceptors (Lipinski definition) is 4. The summed E-state index contributed by atoms with van der Waals surface area (Å²) in [6.07, 6.45) is 3.39. The van der Waals surface area contributed by atoms with E-state index in [0.717, 1.165) is 11.1 Å². The summed E-state index contributed by atoms with van der Waals surface area (Å²) in [6, 6.07) is 9.20. The normalized spacial score (nSPS) is 10.9. The molecule has 3 rings (SSSR count). The Labute approximate surface area is 120 Å². The molecule has 2 heterocycles. The lowest BCUT2D eigenvalue weighted by Gasteiger charge is -2.07. The number of para-hydroxylation sites is 1. The van der Waals surface area contributed by atoms with Gasteiger partial charge in [0.1, 0.15) is 11.3 Å². The van der Waals surface area contributed by atoms with E-state index in [4.69, 9.17) is 10.8 Å². The zero-order valence-electron chi connectivity index (χ0n) is 11.2. The minimum atomic E-state index is -0.846. The number of nitrogens with two attached hydrogens (primary N) is 1. The van der Waals surface area contributed by atoms with Crippen LogP contribution < -0.4 is 5.73 Å². The van der Waals surface area contributed by atoms with E-state index in [1.165, 1.54) is 0 Å². The van der Waals surface area contributed by atoms with Crippen molar-refractivity contribution >= 4 is 22.7 Å². The summed E-state index contributed by atoms with van der Waals surface area (Å²) >= 11 is 0. The van der Waals surface area contributed by atoms with Crippen LogP contribution in [0.1, 0.15) is 6.42 Å². The van der Waals surface area contributed by atoms with Crippen molar-refractivity contribution in [2.45, 2.75) is 13.0 Å². The molecule has 0 saturated heterocycles. The molecule has 0 atom stereocenters. The predicted molar refractivity (Wildman–Crippen MR) is 79.6 cm³/mol. The molecule has 0 fully saturated rings. The van der Waals surface area contributed by atoms with Crippen molar-refractivity contribution in [2.75, 3.05) is 5.73 Å². The number of carbonyl (C=O) groups is 1. The maximum atomic E-state index is 10.9. The second-order valence-electron chi connectivity index (χ2n) is 4.68. The van der Waals surface area contributed by atoms with Crippen LogP contribution in [0.3, 0.4) is 0 Å². The first-order valence-corrected chi connectivity index (χ1v) is 6.54. The first kappa shape index (κ1) is 13.1. The molecule has 0 spiro atoms. The van der Waals surface area contributed by atoms with Crippen LogP contribution in [0.2, 0.25) is 0 Å². The summed E-state index contributed by atoms with van der Waals surface area (Å²) in [6.45, 7) is 0.340. The average Bonchev–Trinajstić information content (AvgIpc) is 2.86. The first-order valence-electron chi connectivity index (χ1n) is 6.54. The number of carboxylic acid groups (broad SMARTS) is 1. The van der Waals surface area contributed by atoms with E-state index in [0.29, 0.717) is 23.6 Å². The van der Waals surface area contributed by atoms with Crippen LogP contribution in [0.4, 0.5) is 5.69 Å². The van der Waals surface area contributed by atoms with Crippen LogP contribution >= 0.6 is 0 Å². The Morgan fingerprint density at radius 2 is 2.00 bits per heavy atom. The van der Waals surface area contributed by atoms with E-state index in [9.17, 15) is 4.79 Å². The van der Waals surface area contributed by atoms with Gasteiger partial charge in [-0.15, -0.1) is 0 Å². The molecule has 0 amide bonds. The molecule has 6 nitrogen and oxygen atoms in total. The summed E-state index contributed by atoms with van der Waals surface area (Å²) in [5.74, 6) is -0.145. The smallest absolute Gasteiger partial charge is 0.305 e. The minimum Gasteiger partial charge on any atom is -0.481 e. The van der Waals surface area contributed by atoms with E-state index >= 15 is 0 Å². The highest BCUT2D eigenvalue weighted by Crippen LogP contribution is 2.27. The number of imidazole rings is 1. The standard InChI is InChI=1S/C15H14N4O2/c16-11-2-1-3-12-14(11)18-15(10-4-7-17-8-5-10)19(12)9-6-13(20)21/h1-5,7-8H,6,9,16H2,(H,20,21). The molecular weight excluding hydrogens is 268 g/mol. The fraction of sp³-hybridized carbons (Fsp3) is 0.133. The summed E-state index contributed by atoms with van der Waals surface area (Å²) in [5, 5.41) is 8.93. The molecule has 0 saturated carbocycles. The molecule has 0 aliphatic heterocycles. The number of hydrogen-bond donors (Lipinski definition) is 2. The van der Waals surface area contributed by atoms with Crippen molar-refractivity contribution in [3.05, 3.63) is 42.7 Å². The fourth-order valence-electron chi connectivity index (χ4n) is 2.32. The maximum Gasteiger partial charge on any atom is 0.305 e. The Morgan fingerprint density at radius 3 is 2.71 bits per heavy atom. The molecule has 0 aliphatic carbocycles. The molecule has 0 bridgehead atoms. The van der Waals surface area contributed by atoms with Crippen molar-refractivity contribution in [3.63, 3.8) is 0 Å². The third-order valence-corrected chi connectivity index (χ3v) is 3.30. The number of rotatable bonds is 4. The molecule has 0 aliphatic rings. The monoisotopic (exact) mass is 282 g/mol. The predicted octanol–water partition coefficient (Wildman–Crippen LogP) is 2.16. The largest absolute Gasteiger partial charge is 0.481 e. The number of nitrogens with zero attached hydrogens (tertiary/aromatic N) is 3. The van der Waals surface area contributed by atoms with E-state index < -0.39 is 5.97 Å². The van der Waals surface area contributed by atoms with Gasteiger partial charge in [-0.2, -0.15) is 0 Å². The highest BCUT2D eigenvalue weighted by molar-refractivity contribution is 5.90. The molecule has 6 heteroatoms. The van der Waals surface area contributed by atoms with Crippen molar-refractivity contribution in [3.8, 4) is 11.4 Å². The molecule has 0 unspecified atom stereocenters. The number of aliphatic carboxylic acids is 1. The highest BCUT2D eigenvalue weighted by atomic mass is 16.4. The van der Waals surface area contributed by atoms with Crippen molar-refractivity contribution in [1.82, 2.24) is 14.5 Å². The van der Waals surface area contributed by atoms with Crippen molar-refractivity contribution in [1.29, 1.82) is 0 Å². The lowest BCUT2D eigenvalue weighted by Crippen LogP contribution is -2.06. The van der Waals surface area contributed by atoms with Gasteiger partial charge >= 0.3 is 5.97 Å². The third-order valence-electron chi connectivity index (χ3n) is 3.30. The van der Waals surface area contributed by atoms with E-state index in [1.54, 1.807) is 18.5 Å². The van der Waals surface area contributed by atoms with Gasteiger partial charge in [0.05, 0.1) is 17.6 Å². The van der Waals surface area contributed by atoms with E-state index in [1.807, 2.05) is 28.8 Å². The number of aromatic nitrogens is 3. The van der Waals surface area contributed by atoms with E-state index in [-0.39, 0.29) is 6.42 Å². The summed E-state index contributed by atoms with van der Waals surface area (Å²) < 4.78 is 1.88. The molecule has 3 aromatic rings. The van der Waals surface area contributed by atoms with Gasteiger partial charge in [0.2, 0.25) is 0 Å². The highest BCUT2D eigenvalue weighted by Gasteiger charge is 2.14. The maximum absolute atomic E-state index is 10.9. The number of anilines is 1. The van der Waals surface area contributed by atoms with Gasteiger partial charge in [-0.1, -0.05) is 6.07 Å². The van der Waals surface area contributed by atoms with Crippen LogP contribution in [-0.4, -0.2) is 25.6 Å². The lowest BCUT2D eigenvalue weighted by atomic mass is 10.2. The van der Waals surface area contributed by atoms with Gasteiger partial charge in [0, 0.05) is 24.5 Å². The Morgan fingerprint density at radius 1 is 1.24 bits per heavy atom. The van der Waals surface area contributed by atoms with Gasteiger partial charge in [0.15, 0.2) is 0 Å². The molecule has 3 N–H and O–H groups in total. The molecule has 1 aromatic carbocycles. The zero-order chi connectivity index (χ0) is 14.8. The topological polar surface area (TPSA) is 94.0 Å². The number of benzene rings is 1. The van der Waals surface area contributed by atoms with E-state index in [2.05, 4.69) is 9.97 Å². The SMILES string of the molecule is Nc1cccc2c1nc(-c1ccncc1)n2CCC(=O)O. The molecule has 0 radical (unpaired) electrons. The lowest BCUT2D eigenvalue weighted by molar-refractivity contribution is -0.137. The second kappa shape index (κ2) is 5.24. The molecule has 106 valence electrons. The zero-order valence-corrected chi connectivity index (χ0v) is 11.2. The first-order chi connectivity index (χ1) is 10.2. The number of fused-ring (bicyclic) bond motifs is 1. The van der Waals surface area contributed by atoms with Gasteiger partial charge < -0.3 is 15.4 Å². The average molecular weight is 282 g/mol. The van der Waals surface area contributed by atoms with Gasteiger partial charge in [-0.25, -0.2) is 4.98 Å². The van der Waals surface area contributed by atoms with Crippen LogP contribution in [0.25, 0.3) is 22.4 Å². The number of nitrogen functional groups attached to an aromatic ring is 1. The van der Waals surface area contributed by atoms with Crippen molar-refractivity contribution < 1.29 is 9.90 Å². The van der Waals surface area contributed by atoms with Crippen LogP contribution in [-0.2, 0) is 11.3 Å². The Balaban J connectivity index is 2.20. The summed E-state index contributed by atoms with van der Waals surface area (Å²) in [5.41, 5.74) is 8.95. The second-order valence-corrected chi connectivity index (χ2v) is 4.68. The minimum absolute atomic E-state index is 0.0261. The quantitative estimate of drug-likeness (QED) is 0.715. The molecular formula is C15H14N4O2.